The molecule has 0 radical (unpaired) electrons. The van der Waals surface area contributed by atoms with Crippen molar-refractivity contribution in [2.45, 2.75) is 18.6 Å². The molecule has 20 heavy (non-hydrogen) atoms. The van der Waals surface area contributed by atoms with Gasteiger partial charge in [0.1, 0.15) is 11.6 Å². The van der Waals surface area contributed by atoms with Gasteiger partial charge in [0, 0.05) is 25.8 Å². The summed E-state index contributed by atoms with van der Waals surface area (Å²) in [6.07, 6.45) is 1.59. The van der Waals surface area contributed by atoms with Crippen molar-refractivity contribution in [1.82, 2.24) is 20.2 Å². The van der Waals surface area contributed by atoms with Gasteiger partial charge in [-0.25, -0.2) is 14.8 Å². The number of piperazine rings is 1. The first kappa shape index (κ1) is 11.9. The lowest BCUT2D eigenvalue weighted by Gasteiger charge is -2.50. The Morgan fingerprint density at radius 1 is 1.50 bits per heavy atom. The first-order valence-electron chi connectivity index (χ1n) is 6.93. The monoisotopic (exact) mass is 275 g/mol. The molecule has 1 atom stereocenters. The summed E-state index contributed by atoms with van der Waals surface area (Å²) in [5.74, 6) is 1.66. The Kier molecular flexibility index (Phi) is 2.41. The average Bonchev–Trinajstić information content (AvgIpc) is 2.71. The predicted octanol–water partition coefficient (Wildman–Crippen LogP) is -0.232. The van der Waals surface area contributed by atoms with Gasteiger partial charge in [-0.3, -0.25) is 4.90 Å². The number of hydrogen-bond donors (Lipinski definition) is 1. The van der Waals surface area contributed by atoms with Crippen LogP contribution < -0.4 is 10.2 Å². The molecule has 1 N–H and O–H groups in total. The van der Waals surface area contributed by atoms with Gasteiger partial charge < -0.3 is 15.0 Å². The van der Waals surface area contributed by atoms with Crippen LogP contribution in [0.4, 0.5) is 10.6 Å². The second-order valence-electron chi connectivity index (χ2n) is 5.66. The highest BCUT2D eigenvalue weighted by Gasteiger charge is 2.61. The summed E-state index contributed by atoms with van der Waals surface area (Å²) < 4.78 is 5.68. The molecule has 0 aromatic carbocycles. The normalized spacial score (nSPS) is 27.2. The molecule has 106 valence electrons. The van der Waals surface area contributed by atoms with Crippen LogP contribution in [0.25, 0.3) is 0 Å². The molecular weight excluding hydrogens is 258 g/mol. The zero-order chi connectivity index (χ0) is 13.7. The Labute approximate surface area is 116 Å². The van der Waals surface area contributed by atoms with Crippen LogP contribution in [0.5, 0.6) is 0 Å². The number of carbonyl (C=O) groups excluding carboxylic acids is 1. The summed E-state index contributed by atoms with van der Waals surface area (Å²) in [4.78, 5) is 24.5. The van der Waals surface area contributed by atoms with Crippen molar-refractivity contribution in [3.63, 3.8) is 0 Å². The summed E-state index contributed by atoms with van der Waals surface area (Å²) in [5, 5.41) is 3.35. The lowest BCUT2D eigenvalue weighted by molar-refractivity contribution is 0.00646. The van der Waals surface area contributed by atoms with E-state index in [4.69, 9.17) is 4.74 Å². The van der Waals surface area contributed by atoms with Gasteiger partial charge in [0.15, 0.2) is 5.60 Å². The van der Waals surface area contributed by atoms with Crippen molar-refractivity contribution in [2.24, 2.45) is 0 Å². The molecule has 1 unspecified atom stereocenters. The third-order valence-corrected chi connectivity index (χ3v) is 4.38. The van der Waals surface area contributed by atoms with Gasteiger partial charge in [0.2, 0.25) is 0 Å². The average molecular weight is 275 g/mol. The van der Waals surface area contributed by atoms with Gasteiger partial charge in [-0.05, 0) is 13.0 Å². The number of rotatable bonds is 1. The van der Waals surface area contributed by atoms with E-state index < -0.39 is 0 Å². The fourth-order valence-corrected chi connectivity index (χ4v) is 3.35. The van der Waals surface area contributed by atoms with E-state index in [-0.39, 0.29) is 17.7 Å². The standard InChI is InChI=1S/C13H17N5O2/c1-9-15-3-2-11(16-9)17-7-13(8-17)10-6-14-4-5-18(10)12(19)20-13/h2-3,10,14H,4-8H2,1H3. The van der Waals surface area contributed by atoms with Gasteiger partial charge >= 0.3 is 6.09 Å². The van der Waals surface area contributed by atoms with Crippen LogP contribution >= 0.6 is 0 Å². The van der Waals surface area contributed by atoms with Crippen molar-refractivity contribution in [2.75, 3.05) is 37.6 Å². The van der Waals surface area contributed by atoms with E-state index in [2.05, 4.69) is 20.2 Å². The highest BCUT2D eigenvalue weighted by Crippen LogP contribution is 2.39. The molecule has 1 aromatic rings. The van der Waals surface area contributed by atoms with Crippen molar-refractivity contribution in [1.29, 1.82) is 0 Å². The molecular formula is C13H17N5O2. The van der Waals surface area contributed by atoms with E-state index in [1.807, 2.05) is 17.9 Å². The van der Waals surface area contributed by atoms with Crippen LogP contribution in [-0.4, -0.2) is 65.3 Å². The van der Waals surface area contributed by atoms with Gasteiger partial charge in [0.25, 0.3) is 0 Å². The Morgan fingerprint density at radius 2 is 2.35 bits per heavy atom. The van der Waals surface area contributed by atoms with Crippen molar-refractivity contribution >= 4 is 11.9 Å². The number of carbonyl (C=O) groups is 1. The molecule has 3 aliphatic heterocycles. The fraction of sp³-hybridized carbons (Fsp3) is 0.615. The van der Waals surface area contributed by atoms with E-state index in [1.165, 1.54) is 0 Å². The Balaban J connectivity index is 1.53. The van der Waals surface area contributed by atoms with Crippen LogP contribution in [0, 0.1) is 6.92 Å². The molecule has 3 saturated heterocycles. The van der Waals surface area contributed by atoms with Gasteiger partial charge in [0.05, 0.1) is 19.1 Å². The lowest BCUT2D eigenvalue weighted by atomic mass is 9.85. The molecule has 7 heteroatoms. The Bertz CT molecular complexity index is 557. The van der Waals surface area contributed by atoms with E-state index in [9.17, 15) is 4.79 Å². The number of ether oxygens (including phenoxy) is 1. The Hall–Kier alpha value is -1.89. The molecule has 1 amide bonds. The minimum atomic E-state index is -0.372. The zero-order valence-corrected chi connectivity index (χ0v) is 11.4. The maximum Gasteiger partial charge on any atom is 0.411 e. The summed E-state index contributed by atoms with van der Waals surface area (Å²) in [6.45, 7) is 5.67. The molecule has 3 fully saturated rings. The minimum absolute atomic E-state index is 0.142. The van der Waals surface area contributed by atoms with E-state index in [0.29, 0.717) is 13.1 Å². The smallest absolute Gasteiger partial charge is 0.411 e. The largest absolute Gasteiger partial charge is 0.437 e. The van der Waals surface area contributed by atoms with E-state index in [0.717, 1.165) is 31.3 Å². The van der Waals surface area contributed by atoms with Gasteiger partial charge in [-0.2, -0.15) is 0 Å². The van der Waals surface area contributed by atoms with Crippen molar-refractivity contribution in [3.8, 4) is 0 Å². The molecule has 4 rings (SSSR count). The number of fused-ring (bicyclic) bond motifs is 2. The predicted molar refractivity (Wildman–Crippen MR) is 71.6 cm³/mol. The van der Waals surface area contributed by atoms with E-state index >= 15 is 0 Å². The number of hydrogen-bond acceptors (Lipinski definition) is 6. The number of amides is 1. The molecule has 7 nitrogen and oxygen atoms in total. The first-order valence-corrected chi connectivity index (χ1v) is 6.93. The molecule has 3 aliphatic rings. The zero-order valence-electron chi connectivity index (χ0n) is 11.4. The van der Waals surface area contributed by atoms with Crippen LogP contribution in [0.1, 0.15) is 5.82 Å². The van der Waals surface area contributed by atoms with Crippen molar-refractivity contribution < 1.29 is 9.53 Å². The number of aryl methyl sites for hydroxylation is 1. The molecule has 1 aromatic heterocycles. The number of nitrogens with one attached hydrogen (secondary N) is 1. The second kappa shape index (κ2) is 4.05. The van der Waals surface area contributed by atoms with Gasteiger partial charge in [-0.1, -0.05) is 0 Å². The lowest BCUT2D eigenvalue weighted by Crippen LogP contribution is -2.71. The summed E-state index contributed by atoms with van der Waals surface area (Å²) in [6, 6.07) is 2.04. The molecule has 0 saturated carbocycles. The number of aromatic nitrogens is 2. The molecule has 0 bridgehead atoms. The third kappa shape index (κ3) is 1.59. The highest BCUT2D eigenvalue weighted by atomic mass is 16.6. The highest BCUT2D eigenvalue weighted by molar-refractivity contribution is 5.73. The van der Waals surface area contributed by atoms with Crippen molar-refractivity contribution in [3.05, 3.63) is 18.1 Å². The van der Waals surface area contributed by atoms with E-state index in [1.54, 1.807) is 6.20 Å². The third-order valence-electron chi connectivity index (χ3n) is 4.38. The number of anilines is 1. The summed E-state index contributed by atoms with van der Waals surface area (Å²) in [5.41, 5.74) is -0.372. The van der Waals surface area contributed by atoms with Crippen LogP contribution in [-0.2, 0) is 4.74 Å². The van der Waals surface area contributed by atoms with Gasteiger partial charge in [-0.15, -0.1) is 0 Å². The fourth-order valence-electron chi connectivity index (χ4n) is 3.35. The van der Waals surface area contributed by atoms with Crippen LogP contribution in [0.2, 0.25) is 0 Å². The first-order chi connectivity index (χ1) is 9.68. The maximum atomic E-state index is 11.9. The Morgan fingerprint density at radius 3 is 3.15 bits per heavy atom. The van der Waals surface area contributed by atoms with Crippen LogP contribution in [0.15, 0.2) is 12.3 Å². The summed E-state index contributed by atoms with van der Waals surface area (Å²) >= 11 is 0. The topological polar surface area (TPSA) is 70.6 Å². The molecule has 4 heterocycles. The molecule has 1 spiro atoms. The second-order valence-corrected chi connectivity index (χ2v) is 5.66. The molecule has 0 aliphatic carbocycles. The minimum Gasteiger partial charge on any atom is -0.437 e. The number of nitrogens with zero attached hydrogens (tertiary/aromatic N) is 4. The summed E-state index contributed by atoms with van der Waals surface area (Å²) in [7, 11) is 0. The SMILES string of the molecule is Cc1nccc(N2CC3(C2)OC(=O)N2CCNCC23)n1. The van der Waals surface area contributed by atoms with Crippen LogP contribution in [0.3, 0.4) is 0 Å². The maximum absolute atomic E-state index is 11.9. The quantitative estimate of drug-likeness (QED) is 0.763.